The molecule has 1 saturated carbocycles. The number of hydrogen-bond acceptors (Lipinski definition) is 7. The minimum absolute atomic E-state index is 0.0413. The second kappa shape index (κ2) is 10.3. The normalized spacial score (nSPS) is 22.5. The van der Waals surface area contributed by atoms with E-state index < -0.39 is 39.7 Å². The number of benzene rings is 2. The molecule has 2 aromatic carbocycles. The van der Waals surface area contributed by atoms with E-state index >= 15 is 8.78 Å². The molecular formula is C30H36F2N6O3. The fourth-order valence-electron chi connectivity index (χ4n) is 6.62. The van der Waals surface area contributed by atoms with Gasteiger partial charge >= 0.3 is 5.97 Å². The van der Waals surface area contributed by atoms with Crippen molar-refractivity contribution in [3.8, 4) is 0 Å². The smallest absolute Gasteiger partial charge is 0.341 e. The Labute approximate surface area is 237 Å². The van der Waals surface area contributed by atoms with Crippen LogP contribution in [-0.4, -0.2) is 77.0 Å². The SMILES string of the molecule is Cc1ccc(N2CCN(N3C(C)CN(c4c(F)c(N)c5c(=O)c(C(=O)O)cn(C6CC6)c5c4F)CC3C)CC2)cc1. The first-order chi connectivity index (χ1) is 19.6. The fraction of sp³-hybridized carbons (Fsp3) is 0.467. The molecule has 1 aromatic heterocycles. The van der Waals surface area contributed by atoms with Crippen LogP contribution in [0.15, 0.2) is 35.3 Å². The number of aryl methyl sites for hydroxylation is 1. The minimum atomic E-state index is -1.45. The highest BCUT2D eigenvalue weighted by atomic mass is 19.1. The Balaban J connectivity index is 1.28. The van der Waals surface area contributed by atoms with Crippen LogP contribution in [0.1, 0.15) is 48.7 Å². The number of aromatic carboxylic acids is 1. The number of rotatable bonds is 5. The molecule has 218 valence electrons. The molecule has 2 saturated heterocycles. The van der Waals surface area contributed by atoms with Gasteiger partial charge in [0.05, 0.1) is 16.6 Å². The number of hydrogen-bond donors (Lipinski definition) is 2. The van der Waals surface area contributed by atoms with E-state index in [2.05, 4.69) is 60.0 Å². The first-order valence-electron chi connectivity index (χ1n) is 14.2. The van der Waals surface area contributed by atoms with Gasteiger partial charge in [-0.3, -0.25) is 4.79 Å². The summed E-state index contributed by atoms with van der Waals surface area (Å²) < 4.78 is 33.6. The Bertz CT molecular complexity index is 1550. The Morgan fingerprint density at radius 1 is 0.951 bits per heavy atom. The first-order valence-corrected chi connectivity index (χ1v) is 14.2. The van der Waals surface area contributed by atoms with Gasteiger partial charge in [0.25, 0.3) is 0 Å². The van der Waals surface area contributed by atoms with Crippen molar-refractivity contribution in [3.63, 3.8) is 0 Å². The van der Waals surface area contributed by atoms with Crippen molar-refractivity contribution >= 4 is 33.9 Å². The number of pyridine rings is 1. The zero-order valence-electron chi connectivity index (χ0n) is 23.6. The largest absolute Gasteiger partial charge is 0.477 e. The number of halogens is 2. The van der Waals surface area contributed by atoms with Gasteiger partial charge in [-0.2, -0.15) is 0 Å². The molecule has 2 aliphatic heterocycles. The van der Waals surface area contributed by atoms with Gasteiger partial charge in [-0.25, -0.2) is 23.6 Å². The number of anilines is 3. The van der Waals surface area contributed by atoms with Crippen molar-refractivity contribution in [3.05, 3.63) is 63.4 Å². The standard InChI is InChI=1S/C30H36F2N6O3/c1-17-4-6-20(7-5-17)34-10-12-36(13-11-34)38-18(2)14-35(15-19(38)3)28-24(31)26(33)23-27(25(28)32)37(21-8-9-21)16-22(29(23)39)30(40)41/h4-7,16,18-19,21H,8-15,33H2,1-3H3,(H,40,41). The zero-order valence-corrected chi connectivity index (χ0v) is 23.6. The minimum Gasteiger partial charge on any atom is -0.477 e. The fourth-order valence-corrected chi connectivity index (χ4v) is 6.62. The Morgan fingerprint density at radius 3 is 2.12 bits per heavy atom. The zero-order chi connectivity index (χ0) is 29.2. The maximum absolute atomic E-state index is 16.3. The van der Waals surface area contributed by atoms with E-state index in [1.165, 1.54) is 22.0 Å². The molecule has 2 atom stereocenters. The highest BCUT2D eigenvalue weighted by Crippen LogP contribution is 2.42. The summed E-state index contributed by atoms with van der Waals surface area (Å²) in [4.78, 5) is 28.8. The quantitative estimate of drug-likeness (QED) is 0.450. The summed E-state index contributed by atoms with van der Waals surface area (Å²) in [6.07, 6.45) is 2.61. The molecule has 3 heterocycles. The number of nitrogens with two attached hydrogens (primary N) is 1. The molecule has 0 spiro atoms. The number of carboxylic acids is 1. The molecule has 3 aromatic rings. The maximum Gasteiger partial charge on any atom is 0.341 e. The second-order valence-corrected chi connectivity index (χ2v) is 11.7. The number of carbonyl (C=O) groups is 1. The summed E-state index contributed by atoms with van der Waals surface area (Å²) >= 11 is 0. The van der Waals surface area contributed by atoms with Crippen molar-refractivity contribution in [1.29, 1.82) is 0 Å². The molecule has 0 amide bonds. The van der Waals surface area contributed by atoms with Crippen molar-refractivity contribution in [2.75, 3.05) is 54.8 Å². The van der Waals surface area contributed by atoms with Gasteiger partial charge in [-0.05, 0) is 45.7 Å². The van der Waals surface area contributed by atoms with Crippen LogP contribution in [0.3, 0.4) is 0 Å². The van der Waals surface area contributed by atoms with Crippen LogP contribution in [0.4, 0.5) is 25.8 Å². The summed E-state index contributed by atoms with van der Waals surface area (Å²) in [5.41, 5.74) is 6.19. The van der Waals surface area contributed by atoms with Gasteiger partial charge in [0.2, 0.25) is 5.43 Å². The van der Waals surface area contributed by atoms with Crippen LogP contribution >= 0.6 is 0 Å². The lowest BCUT2D eigenvalue weighted by atomic mass is 10.0. The predicted octanol–water partition coefficient (Wildman–Crippen LogP) is 3.84. The van der Waals surface area contributed by atoms with Crippen LogP contribution < -0.4 is 21.0 Å². The molecule has 3 fully saturated rings. The molecule has 6 rings (SSSR count). The summed E-state index contributed by atoms with van der Waals surface area (Å²) in [6.45, 7) is 10.3. The number of nitrogen functional groups attached to an aromatic ring is 1. The number of nitrogens with zero attached hydrogens (tertiary/aromatic N) is 5. The third-order valence-electron chi connectivity index (χ3n) is 8.71. The van der Waals surface area contributed by atoms with E-state index in [1.54, 1.807) is 4.90 Å². The van der Waals surface area contributed by atoms with E-state index in [1.807, 2.05) is 0 Å². The lowest BCUT2D eigenvalue weighted by Crippen LogP contribution is -2.65. The molecule has 2 unspecified atom stereocenters. The molecule has 11 heteroatoms. The summed E-state index contributed by atoms with van der Waals surface area (Å²) in [6, 6.07) is 8.31. The van der Waals surface area contributed by atoms with Crippen LogP contribution in [-0.2, 0) is 0 Å². The highest BCUT2D eigenvalue weighted by molar-refractivity contribution is 5.99. The average Bonchev–Trinajstić information content (AvgIpc) is 3.78. The van der Waals surface area contributed by atoms with Gasteiger partial charge in [0.15, 0.2) is 11.6 Å². The molecule has 3 N–H and O–H groups in total. The molecule has 0 radical (unpaired) electrons. The topological polar surface area (TPSA) is 98.3 Å². The highest BCUT2D eigenvalue weighted by Gasteiger charge is 2.39. The number of carboxylic acid groups (broad SMARTS) is 1. The van der Waals surface area contributed by atoms with E-state index in [0.29, 0.717) is 25.9 Å². The predicted molar refractivity (Wildman–Crippen MR) is 156 cm³/mol. The maximum atomic E-state index is 16.3. The van der Waals surface area contributed by atoms with Gasteiger partial charge in [-0.1, -0.05) is 17.7 Å². The number of piperazine rings is 2. The van der Waals surface area contributed by atoms with E-state index in [9.17, 15) is 14.7 Å². The van der Waals surface area contributed by atoms with Gasteiger partial charge in [0.1, 0.15) is 11.3 Å². The Hall–Kier alpha value is -3.70. The van der Waals surface area contributed by atoms with Crippen molar-refractivity contribution < 1.29 is 18.7 Å². The summed E-state index contributed by atoms with van der Waals surface area (Å²) in [5.74, 6) is -3.34. The van der Waals surface area contributed by atoms with Gasteiger partial charge in [-0.15, -0.1) is 0 Å². The third kappa shape index (κ3) is 4.70. The van der Waals surface area contributed by atoms with Crippen molar-refractivity contribution in [1.82, 2.24) is 14.6 Å². The molecule has 9 nitrogen and oxygen atoms in total. The van der Waals surface area contributed by atoms with Gasteiger partial charge in [0, 0.05) is 69.3 Å². The van der Waals surface area contributed by atoms with Crippen molar-refractivity contribution in [2.24, 2.45) is 0 Å². The Kier molecular flexibility index (Phi) is 6.89. The number of fused-ring (bicyclic) bond motifs is 1. The third-order valence-corrected chi connectivity index (χ3v) is 8.71. The van der Waals surface area contributed by atoms with E-state index in [4.69, 9.17) is 5.73 Å². The first kappa shape index (κ1) is 27.5. The van der Waals surface area contributed by atoms with Crippen LogP contribution in [0.25, 0.3) is 10.9 Å². The number of hydrazine groups is 1. The summed E-state index contributed by atoms with van der Waals surface area (Å²) in [5, 5.41) is 13.8. The molecule has 0 bridgehead atoms. The van der Waals surface area contributed by atoms with Crippen LogP contribution in [0, 0.1) is 18.6 Å². The second-order valence-electron chi connectivity index (χ2n) is 11.7. The lowest BCUT2D eigenvalue weighted by Gasteiger charge is -2.52. The monoisotopic (exact) mass is 566 g/mol. The van der Waals surface area contributed by atoms with Crippen LogP contribution in [0.5, 0.6) is 0 Å². The lowest BCUT2D eigenvalue weighted by molar-refractivity contribution is -0.0945. The van der Waals surface area contributed by atoms with Crippen molar-refractivity contribution in [2.45, 2.75) is 51.7 Å². The number of aromatic nitrogens is 1. The Morgan fingerprint density at radius 2 is 1.56 bits per heavy atom. The summed E-state index contributed by atoms with van der Waals surface area (Å²) in [7, 11) is 0. The van der Waals surface area contributed by atoms with Crippen LogP contribution in [0.2, 0.25) is 0 Å². The molecule has 3 aliphatic rings. The molecule has 41 heavy (non-hydrogen) atoms. The van der Waals surface area contributed by atoms with E-state index in [-0.39, 0.29) is 29.3 Å². The molecular weight excluding hydrogens is 530 g/mol. The average molecular weight is 567 g/mol. The van der Waals surface area contributed by atoms with E-state index in [0.717, 1.165) is 26.2 Å². The van der Waals surface area contributed by atoms with Gasteiger partial charge < -0.3 is 25.2 Å². The molecule has 1 aliphatic carbocycles.